The molecule has 0 saturated carbocycles. The Morgan fingerprint density at radius 3 is 1.62 bits per heavy atom. The van der Waals surface area contributed by atoms with E-state index in [-0.39, 0.29) is 0 Å². The van der Waals surface area contributed by atoms with Gasteiger partial charge >= 0.3 is 0 Å². The standard InChI is InChI=1S/C10H23N.C4H10O/c1-3-4-5-6-7-8-9-10-11-2;1-2-3-4-5/h11H,3-10H2,1-2H3;5H,2-4H2,1H3. The summed E-state index contributed by atoms with van der Waals surface area (Å²) >= 11 is 0. The number of rotatable bonds is 10. The van der Waals surface area contributed by atoms with E-state index >= 15 is 0 Å². The molecule has 2 N–H and O–H groups in total. The molecule has 0 aromatic heterocycles. The highest BCUT2D eigenvalue weighted by Crippen LogP contribution is 2.05. The fraction of sp³-hybridized carbons (Fsp3) is 1.00. The zero-order chi connectivity index (χ0) is 12.5. The smallest absolute Gasteiger partial charge is 0.0430 e. The molecule has 0 aliphatic heterocycles. The van der Waals surface area contributed by atoms with Crippen molar-refractivity contribution in [3.05, 3.63) is 0 Å². The molecular formula is C14H33NO. The zero-order valence-corrected chi connectivity index (χ0v) is 11.7. The van der Waals surface area contributed by atoms with Crippen LogP contribution >= 0.6 is 0 Å². The molecule has 2 heteroatoms. The SMILES string of the molecule is CCCCCCCCCNC.CCCCO. The van der Waals surface area contributed by atoms with Gasteiger partial charge in [0.2, 0.25) is 0 Å². The molecule has 2 nitrogen and oxygen atoms in total. The van der Waals surface area contributed by atoms with Crippen molar-refractivity contribution in [2.45, 2.75) is 71.6 Å². The van der Waals surface area contributed by atoms with Gasteiger partial charge in [-0.15, -0.1) is 0 Å². The minimum Gasteiger partial charge on any atom is -0.396 e. The van der Waals surface area contributed by atoms with Gasteiger partial charge in [0.15, 0.2) is 0 Å². The first-order valence-electron chi connectivity index (χ1n) is 7.08. The van der Waals surface area contributed by atoms with E-state index in [4.69, 9.17) is 5.11 Å². The Hall–Kier alpha value is -0.0800. The number of unbranched alkanes of at least 4 members (excludes halogenated alkanes) is 7. The summed E-state index contributed by atoms with van der Waals surface area (Å²) in [6.45, 7) is 5.85. The molecule has 16 heavy (non-hydrogen) atoms. The third kappa shape index (κ3) is 23.6. The molecule has 0 aliphatic carbocycles. The maximum Gasteiger partial charge on any atom is 0.0430 e. The Kier molecular flexibility index (Phi) is 23.3. The van der Waals surface area contributed by atoms with Gasteiger partial charge in [-0.05, 0) is 26.4 Å². The number of hydrogen-bond donors (Lipinski definition) is 2. The highest BCUT2D eigenvalue weighted by molar-refractivity contribution is 4.46. The Morgan fingerprint density at radius 2 is 1.25 bits per heavy atom. The van der Waals surface area contributed by atoms with E-state index in [0.29, 0.717) is 6.61 Å². The molecule has 0 fully saturated rings. The summed E-state index contributed by atoms with van der Waals surface area (Å²) in [5.41, 5.74) is 0. The molecule has 0 saturated heterocycles. The molecule has 0 aromatic rings. The van der Waals surface area contributed by atoms with Crippen LogP contribution in [-0.2, 0) is 0 Å². The average molecular weight is 231 g/mol. The summed E-state index contributed by atoms with van der Waals surface area (Å²) in [6.07, 6.45) is 11.9. The summed E-state index contributed by atoms with van der Waals surface area (Å²) in [5, 5.41) is 11.2. The van der Waals surface area contributed by atoms with Crippen molar-refractivity contribution >= 4 is 0 Å². The van der Waals surface area contributed by atoms with E-state index in [0.717, 1.165) is 12.8 Å². The van der Waals surface area contributed by atoms with Crippen molar-refractivity contribution in [1.29, 1.82) is 0 Å². The fourth-order valence-corrected chi connectivity index (χ4v) is 1.42. The van der Waals surface area contributed by atoms with Crippen molar-refractivity contribution in [2.24, 2.45) is 0 Å². The number of aliphatic hydroxyl groups is 1. The lowest BCUT2D eigenvalue weighted by molar-refractivity contribution is 0.287. The quantitative estimate of drug-likeness (QED) is 0.561. The van der Waals surface area contributed by atoms with Crippen molar-refractivity contribution < 1.29 is 5.11 Å². The minimum atomic E-state index is 0.344. The summed E-state index contributed by atoms with van der Waals surface area (Å²) in [4.78, 5) is 0. The van der Waals surface area contributed by atoms with Crippen LogP contribution < -0.4 is 5.32 Å². The maximum atomic E-state index is 8.07. The maximum absolute atomic E-state index is 8.07. The van der Waals surface area contributed by atoms with Gasteiger partial charge in [-0.2, -0.15) is 0 Å². The third-order valence-corrected chi connectivity index (χ3v) is 2.54. The normalized spacial score (nSPS) is 9.75. The monoisotopic (exact) mass is 231 g/mol. The van der Waals surface area contributed by atoms with Crippen molar-refractivity contribution in [3.63, 3.8) is 0 Å². The number of nitrogens with one attached hydrogen (secondary N) is 1. The van der Waals surface area contributed by atoms with Gasteiger partial charge in [0.25, 0.3) is 0 Å². The molecule has 0 bridgehead atoms. The molecule has 0 atom stereocenters. The van der Waals surface area contributed by atoms with Crippen LogP contribution in [0.1, 0.15) is 71.6 Å². The van der Waals surface area contributed by atoms with E-state index in [1.54, 1.807) is 0 Å². The fourth-order valence-electron chi connectivity index (χ4n) is 1.42. The van der Waals surface area contributed by atoms with Crippen LogP contribution in [0.15, 0.2) is 0 Å². The van der Waals surface area contributed by atoms with Gasteiger partial charge in [-0.25, -0.2) is 0 Å². The van der Waals surface area contributed by atoms with Crippen LogP contribution in [-0.4, -0.2) is 25.3 Å². The predicted octanol–water partition coefficient (Wildman–Crippen LogP) is 3.74. The van der Waals surface area contributed by atoms with Gasteiger partial charge in [0, 0.05) is 6.61 Å². The van der Waals surface area contributed by atoms with Crippen LogP contribution in [0.3, 0.4) is 0 Å². The predicted molar refractivity (Wildman–Crippen MR) is 73.9 cm³/mol. The van der Waals surface area contributed by atoms with Crippen LogP contribution in [0, 0.1) is 0 Å². The summed E-state index contributed by atoms with van der Waals surface area (Å²) in [7, 11) is 2.02. The van der Waals surface area contributed by atoms with Gasteiger partial charge in [0.1, 0.15) is 0 Å². The lowest BCUT2D eigenvalue weighted by Gasteiger charge is -1.99. The minimum absolute atomic E-state index is 0.344. The molecule has 0 aliphatic rings. The molecule has 0 rings (SSSR count). The topological polar surface area (TPSA) is 32.3 Å². The Bertz CT molecular complexity index is 86.7. The van der Waals surface area contributed by atoms with Crippen LogP contribution in [0.25, 0.3) is 0 Å². The second-order valence-electron chi connectivity index (χ2n) is 4.30. The highest BCUT2D eigenvalue weighted by Gasteiger charge is 1.88. The summed E-state index contributed by atoms with van der Waals surface area (Å²) in [5.74, 6) is 0. The van der Waals surface area contributed by atoms with E-state index in [2.05, 4.69) is 19.2 Å². The molecule has 0 amide bonds. The van der Waals surface area contributed by atoms with Gasteiger partial charge in [-0.1, -0.05) is 58.8 Å². The second-order valence-corrected chi connectivity index (χ2v) is 4.30. The lowest BCUT2D eigenvalue weighted by Crippen LogP contribution is -2.06. The van der Waals surface area contributed by atoms with E-state index < -0.39 is 0 Å². The first-order valence-corrected chi connectivity index (χ1v) is 7.08. The number of aliphatic hydroxyl groups excluding tert-OH is 1. The second kappa shape index (κ2) is 20.3. The van der Waals surface area contributed by atoms with E-state index in [1.165, 1.54) is 51.5 Å². The molecule has 0 aromatic carbocycles. The molecule has 0 unspecified atom stereocenters. The molecule has 100 valence electrons. The van der Waals surface area contributed by atoms with Crippen molar-refractivity contribution in [1.82, 2.24) is 5.32 Å². The Balaban J connectivity index is 0. The average Bonchev–Trinajstić information content (AvgIpc) is 2.30. The van der Waals surface area contributed by atoms with Crippen LogP contribution in [0.2, 0.25) is 0 Å². The van der Waals surface area contributed by atoms with E-state index in [9.17, 15) is 0 Å². The summed E-state index contributed by atoms with van der Waals surface area (Å²) < 4.78 is 0. The highest BCUT2D eigenvalue weighted by atomic mass is 16.2. The van der Waals surface area contributed by atoms with Gasteiger partial charge in [0.05, 0.1) is 0 Å². The molecule has 0 spiro atoms. The van der Waals surface area contributed by atoms with Gasteiger partial charge < -0.3 is 10.4 Å². The Labute approximate surface area is 103 Å². The third-order valence-electron chi connectivity index (χ3n) is 2.54. The summed E-state index contributed by atoms with van der Waals surface area (Å²) in [6, 6.07) is 0. The zero-order valence-electron chi connectivity index (χ0n) is 11.7. The molecule has 0 heterocycles. The van der Waals surface area contributed by atoms with Crippen molar-refractivity contribution in [2.75, 3.05) is 20.2 Å². The first kappa shape index (κ1) is 18.3. The molecular weight excluding hydrogens is 198 g/mol. The lowest BCUT2D eigenvalue weighted by atomic mass is 10.1. The van der Waals surface area contributed by atoms with Crippen molar-refractivity contribution in [3.8, 4) is 0 Å². The molecule has 0 radical (unpaired) electrons. The first-order chi connectivity index (χ1) is 7.83. The Morgan fingerprint density at radius 1 is 0.750 bits per heavy atom. The number of hydrogen-bond acceptors (Lipinski definition) is 2. The van der Waals surface area contributed by atoms with Crippen LogP contribution in [0.4, 0.5) is 0 Å². The van der Waals surface area contributed by atoms with Gasteiger partial charge in [-0.3, -0.25) is 0 Å². The largest absolute Gasteiger partial charge is 0.396 e. The van der Waals surface area contributed by atoms with E-state index in [1.807, 2.05) is 7.05 Å². The van der Waals surface area contributed by atoms with Crippen LogP contribution in [0.5, 0.6) is 0 Å².